The zero-order valence-corrected chi connectivity index (χ0v) is 5.66. The molecule has 0 aliphatic carbocycles. The van der Waals surface area contributed by atoms with Crippen LogP contribution in [-0.4, -0.2) is 17.6 Å². The van der Waals surface area contributed by atoms with E-state index in [9.17, 15) is 4.79 Å². The molecule has 0 unspecified atom stereocenters. The van der Waals surface area contributed by atoms with Crippen LogP contribution in [0.15, 0.2) is 5.57 Å². The molecule has 1 aliphatic heterocycles. The van der Waals surface area contributed by atoms with Gasteiger partial charge < -0.3 is 4.74 Å². The van der Waals surface area contributed by atoms with Crippen LogP contribution in [0, 0.1) is 0 Å². The smallest absolute Gasteiger partial charge is 0.306 e. The molecule has 0 saturated carbocycles. The zero-order valence-electron chi connectivity index (χ0n) is 4.85. The predicted octanol–water partition coefficient (Wildman–Crippen LogP) is 0.848. The van der Waals surface area contributed by atoms with Gasteiger partial charge in [-0.05, 0) is 23.7 Å². The van der Waals surface area contributed by atoms with Crippen LogP contribution in [0.2, 0.25) is 0 Å². The first kappa shape index (κ1) is 6.46. The number of hydrogen-bond acceptors (Lipinski definition) is 3. The van der Waals surface area contributed by atoms with Gasteiger partial charge >= 0.3 is 5.97 Å². The zero-order chi connectivity index (χ0) is 6.69. The first-order chi connectivity index (χ1) is 4.33. The molecule has 9 heavy (non-hydrogen) atoms. The molecular formula is C6H6O2S. The summed E-state index contributed by atoms with van der Waals surface area (Å²) in [4.78, 5) is 10.4. The molecule has 2 nitrogen and oxygen atoms in total. The number of carbonyl (C=O) groups excluding carboxylic acids is 1. The quantitative estimate of drug-likeness (QED) is 0.370. The van der Waals surface area contributed by atoms with E-state index >= 15 is 0 Å². The number of cyclic esters (lactones) is 1. The van der Waals surface area contributed by atoms with Crippen LogP contribution in [0.5, 0.6) is 0 Å². The minimum absolute atomic E-state index is 0.135. The summed E-state index contributed by atoms with van der Waals surface area (Å²) in [6.45, 7) is 0.350. The highest BCUT2D eigenvalue weighted by molar-refractivity contribution is 7.78. The van der Waals surface area contributed by atoms with Gasteiger partial charge in [0.25, 0.3) is 0 Å². The summed E-state index contributed by atoms with van der Waals surface area (Å²) in [5, 5.41) is 2.55. The van der Waals surface area contributed by atoms with E-state index in [4.69, 9.17) is 0 Å². The van der Waals surface area contributed by atoms with E-state index in [1.807, 2.05) is 0 Å². The molecule has 48 valence electrons. The number of thiocarbonyl (C=S) groups is 1. The third-order valence-corrected chi connectivity index (χ3v) is 1.47. The normalized spacial score (nSPS) is 18.7. The second-order valence-corrected chi connectivity index (χ2v) is 2.07. The average molecular weight is 142 g/mol. The van der Waals surface area contributed by atoms with Crippen LogP contribution in [-0.2, 0) is 9.53 Å². The number of ether oxygens (including phenoxy) is 1. The molecule has 1 saturated heterocycles. The Bertz CT molecular complexity index is 167. The van der Waals surface area contributed by atoms with Gasteiger partial charge in [-0.15, -0.1) is 0 Å². The standard InChI is InChI=1S/C6H6O2S/c7-6-2-1-5(4-9)3-8-6/h1-3H2. The summed E-state index contributed by atoms with van der Waals surface area (Å²) in [5.74, 6) is -0.135. The highest BCUT2D eigenvalue weighted by Gasteiger charge is 2.12. The van der Waals surface area contributed by atoms with Crippen molar-refractivity contribution in [1.82, 2.24) is 0 Å². The number of rotatable bonds is 0. The Morgan fingerprint density at radius 1 is 1.56 bits per heavy atom. The fourth-order valence-corrected chi connectivity index (χ4v) is 0.806. The summed E-state index contributed by atoms with van der Waals surface area (Å²) in [7, 11) is 0. The third kappa shape index (κ3) is 1.63. The Hall–Kier alpha value is -0.660. The van der Waals surface area contributed by atoms with Crippen molar-refractivity contribution in [2.75, 3.05) is 6.61 Å². The van der Waals surface area contributed by atoms with Gasteiger partial charge in [0, 0.05) is 12.0 Å². The molecular weight excluding hydrogens is 136 g/mol. The molecule has 1 aliphatic rings. The minimum atomic E-state index is -0.135. The monoisotopic (exact) mass is 142 g/mol. The van der Waals surface area contributed by atoms with Crippen molar-refractivity contribution in [3.05, 3.63) is 5.57 Å². The topological polar surface area (TPSA) is 26.3 Å². The Morgan fingerprint density at radius 3 is 2.78 bits per heavy atom. The largest absolute Gasteiger partial charge is 0.460 e. The van der Waals surface area contributed by atoms with Crippen molar-refractivity contribution < 1.29 is 9.53 Å². The Labute approximate surface area is 58.5 Å². The Morgan fingerprint density at radius 2 is 2.33 bits per heavy atom. The van der Waals surface area contributed by atoms with Crippen molar-refractivity contribution in [3.8, 4) is 0 Å². The number of carbonyl (C=O) groups is 1. The second kappa shape index (κ2) is 2.76. The van der Waals surface area contributed by atoms with Crippen LogP contribution in [0.4, 0.5) is 0 Å². The maximum absolute atomic E-state index is 10.4. The molecule has 0 aromatic carbocycles. The molecule has 0 atom stereocenters. The lowest BCUT2D eigenvalue weighted by atomic mass is 10.1. The summed E-state index contributed by atoms with van der Waals surface area (Å²) >= 11 is 4.53. The molecule has 0 bridgehead atoms. The molecule has 0 spiro atoms. The molecule has 3 heteroatoms. The van der Waals surface area contributed by atoms with E-state index < -0.39 is 0 Å². The van der Waals surface area contributed by atoms with E-state index in [2.05, 4.69) is 22.0 Å². The van der Waals surface area contributed by atoms with Crippen LogP contribution >= 0.6 is 12.2 Å². The molecule has 1 heterocycles. The van der Waals surface area contributed by atoms with Gasteiger partial charge in [0.2, 0.25) is 0 Å². The molecule has 1 rings (SSSR count). The molecule has 1 fully saturated rings. The summed E-state index contributed by atoms with van der Waals surface area (Å²) in [6.07, 6.45) is 1.18. The lowest BCUT2D eigenvalue weighted by Gasteiger charge is -2.10. The van der Waals surface area contributed by atoms with E-state index in [1.54, 1.807) is 0 Å². The van der Waals surface area contributed by atoms with Crippen LogP contribution in [0.3, 0.4) is 0 Å². The Balaban J connectivity index is 2.53. The van der Waals surface area contributed by atoms with Gasteiger partial charge in [-0.25, -0.2) is 0 Å². The SMILES string of the molecule is O=C1CCC(=C=S)CO1. The van der Waals surface area contributed by atoms with Gasteiger partial charge in [0.05, 0.1) is 0 Å². The molecule has 0 N–H and O–H groups in total. The first-order valence-electron chi connectivity index (χ1n) is 2.71. The van der Waals surface area contributed by atoms with Crippen LogP contribution in [0.1, 0.15) is 12.8 Å². The number of esters is 1. The van der Waals surface area contributed by atoms with Gasteiger partial charge in [0.1, 0.15) is 6.61 Å². The van der Waals surface area contributed by atoms with Gasteiger partial charge in [-0.1, -0.05) is 0 Å². The molecule has 0 aromatic rings. The lowest BCUT2D eigenvalue weighted by molar-refractivity contribution is -0.144. The van der Waals surface area contributed by atoms with E-state index in [0.717, 1.165) is 12.0 Å². The highest BCUT2D eigenvalue weighted by Crippen LogP contribution is 2.09. The third-order valence-electron chi connectivity index (χ3n) is 1.18. The molecule has 0 aromatic heterocycles. The average Bonchev–Trinajstić information content (AvgIpc) is 1.90. The predicted molar refractivity (Wildman–Crippen MR) is 36.3 cm³/mol. The maximum Gasteiger partial charge on any atom is 0.306 e. The minimum Gasteiger partial charge on any atom is -0.460 e. The van der Waals surface area contributed by atoms with Crippen LogP contribution in [0.25, 0.3) is 0 Å². The van der Waals surface area contributed by atoms with Crippen molar-refractivity contribution in [3.63, 3.8) is 0 Å². The van der Waals surface area contributed by atoms with Crippen molar-refractivity contribution in [2.24, 2.45) is 0 Å². The van der Waals surface area contributed by atoms with Crippen molar-refractivity contribution in [1.29, 1.82) is 0 Å². The first-order valence-corrected chi connectivity index (χ1v) is 3.12. The van der Waals surface area contributed by atoms with E-state index in [1.165, 1.54) is 0 Å². The van der Waals surface area contributed by atoms with E-state index in [-0.39, 0.29) is 5.97 Å². The number of hydrogen-bond donors (Lipinski definition) is 0. The van der Waals surface area contributed by atoms with Gasteiger partial charge in [-0.3, -0.25) is 4.79 Å². The summed E-state index contributed by atoms with van der Waals surface area (Å²) in [5.41, 5.74) is 0.921. The fraction of sp³-hybridized carbons (Fsp3) is 0.500. The molecule has 0 radical (unpaired) electrons. The molecule has 0 amide bonds. The van der Waals surface area contributed by atoms with Crippen molar-refractivity contribution in [2.45, 2.75) is 12.8 Å². The summed E-state index contributed by atoms with van der Waals surface area (Å²) < 4.78 is 4.68. The highest BCUT2D eigenvalue weighted by atomic mass is 32.1. The van der Waals surface area contributed by atoms with Crippen LogP contribution < -0.4 is 0 Å². The van der Waals surface area contributed by atoms with Crippen molar-refractivity contribution >= 4 is 23.2 Å². The Kier molecular flexibility index (Phi) is 1.98. The van der Waals surface area contributed by atoms with Gasteiger partial charge in [0.15, 0.2) is 0 Å². The fourth-order valence-electron chi connectivity index (χ4n) is 0.645. The maximum atomic E-state index is 10.4. The van der Waals surface area contributed by atoms with E-state index in [0.29, 0.717) is 13.0 Å². The van der Waals surface area contributed by atoms with Gasteiger partial charge in [-0.2, -0.15) is 0 Å². The summed E-state index contributed by atoms with van der Waals surface area (Å²) in [6, 6.07) is 0. The second-order valence-electron chi connectivity index (χ2n) is 1.87. The lowest BCUT2D eigenvalue weighted by Crippen LogP contribution is -2.14.